The van der Waals surface area contributed by atoms with Gasteiger partial charge in [0.2, 0.25) is 0 Å². The quantitative estimate of drug-likeness (QED) is 0.882. The van der Waals surface area contributed by atoms with Crippen molar-refractivity contribution >= 4 is 33.2 Å². The molecule has 3 nitrogen and oxygen atoms in total. The summed E-state index contributed by atoms with van der Waals surface area (Å²) in [6.45, 7) is 1.96. The number of anilines is 2. The number of halogens is 2. The molecule has 0 heterocycles. The van der Waals surface area contributed by atoms with Crippen LogP contribution in [0.2, 0.25) is 0 Å². The Hall–Kier alpha value is -1.88. The summed E-state index contributed by atoms with van der Waals surface area (Å²) >= 11 is 3.09. The van der Waals surface area contributed by atoms with E-state index in [0.29, 0.717) is 15.7 Å². The fourth-order valence-electron chi connectivity index (χ4n) is 1.84. The third kappa shape index (κ3) is 3.17. The number of benzene rings is 2. The van der Waals surface area contributed by atoms with Gasteiger partial charge in [0.05, 0.1) is 10.0 Å². The lowest BCUT2D eigenvalue weighted by Crippen LogP contribution is -2.14. The van der Waals surface area contributed by atoms with Crippen LogP contribution in [0, 0.1) is 12.7 Å². The molecule has 0 saturated heterocycles. The van der Waals surface area contributed by atoms with Crippen LogP contribution in [0.1, 0.15) is 15.9 Å². The molecule has 2 rings (SSSR count). The van der Waals surface area contributed by atoms with Gasteiger partial charge in [0, 0.05) is 18.4 Å². The maximum absolute atomic E-state index is 13.2. The Bertz CT molecular complexity index is 658. The summed E-state index contributed by atoms with van der Waals surface area (Å²) in [6, 6.07) is 9.88. The van der Waals surface area contributed by atoms with Crippen LogP contribution in [-0.4, -0.2) is 13.0 Å². The van der Waals surface area contributed by atoms with Crippen molar-refractivity contribution in [1.29, 1.82) is 0 Å². The fraction of sp³-hybridized carbons (Fsp3) is 0.133. The van der Waals surface area contributed by atoms with E-state index >= 15 is 0 Å². The van der Waals surface area contributed by atoms with Gasteiger partial charge in [0.1, 0.15) is 5.82 Å². The normalized spacial score (nSPS) is 10.2. The molecule has 0 bridgehead atoms. The van der Waals surface area contributed by atoms with Gasteiger partial charge in [0.25, 0.3) is 5.91 Å². The van der Waals surface area contributed by atoms with Crippen LogP contribution >= 0.6 is 15.9 Å². The molecule has 0 spiro atoms. The van der Waals surface area contributed by atoms with Crippen LogP contribution in [0.5, 0.6) is 0 Å². The van der Waals surface area contributed by atoms with E-state index in [-0.39, 0.29) is 11.7 Å². The van der Waals surface area contributed by atoms with Crippen molar-refractivity contribution < 1.29 is 9.18 Å². The standard InChI is InChI=1S/C15H14BrFN2O/c1-9-3-5-11(14(7-9)18-2)15(20)19-10-4-6-13(17)12(16)8-10/h3-8,18H,1-2H3,(H,19,20). The van der Waals surface area contributed by atoms with Crippen molar-refractivity contribution in [3.63, 3.8) is 0 Å². The van der Waals surface area contributed by atoms with Crippen LogP contribution in [0.3, 0.4) is 0 Å². The minimum atomic E-state index is -0.366. The Balaban J connectivity index is 2.25. The first-order chi connectivity index (χ1) is 9.51. The largest absolute Gasteiger partial charge is 0.387 e. The highest BCUT2D eigenvalue weighted by Gasteiger charge is 2.11. The molecule has 0 unspecified atom stereocenters. The van der Waals surface area contributed by atoms with Gasteiger partial charge in [-0.25, -0.2) is 4.39 Å². The molecule has 1 amide bonds. The van der Waals surface area contributed by atoms with Gasteiger partial charge in [-0.3, -0.25) is 4.79 Å². The highest BCUT2D eigenvalue weighted by molar-refractivity contribution is 9.10. The number of nitrogens with one attached hydrogen (secondary N) is 2. The van der Waals surface area contributed by atoms with Gasteiger partial charge in [0.15, 0.2) is 0 Å². The van der Waals surface area contributed by atoms with Crippen LogP contribution in [-0.2, 0) is 0 Å². The molecule has 2 aromatic carbocycles. The van der Waals surface area contributed by atoms with Crippen LogP contribution < -0.4 is 10.6 Å². The maximum Gasteiger partial charge on any atom is 0.257 e. The average molecular weight is 337 g/mol. The van der Waals surface area contributed by atoms with Crippen molar-refractivity contribution in [2.75, 3.05) is 17.7 Å². The predicted molar refractivity (Wildman–Crippen MR) is 82.8 cm³/mol. The molecule has 0 aromatic heterocycles. The summed E-state index contributed by atoms with van der Waals surface area (Å²) in [5, 5.41) is 5.74. The number of carbonyl (C=O) groups is 1. The zero-order valence-corrected chi connectivity index (χ0v) is 12.7. The van der Waals surface area contributed by atoms with E-state index in [1.807, 2.05) is 19.1 Å². The number of hydrogen-bond acceptors (Lipinski definition) is 2. The Morgan fingerprint density at radius 1 is 1.20 bits per heavy atom. The van der Waals surface area contributed by atoms with Gasteiger partial charge < -0.3 is 10.6 Å². The second kappa shape index (κ2) is 6.05. The van der Waals surface area contributed by atoms with Gasteiger partial charge in [-0.15, -0.1) is 0 Å². The molecule has 0 aliphatic rings. The van der Waals surface area contributed by atoms with Crippen LogP contribution in [0.4, 0.5) is 15.8 Å². The van der Waals surface area contributed by atoms with E-state index in [1.165, 1.54) is 18.2 Å². The van der Waals surface area contributed by atoms with Gasteiger partial charge in [-0.1, -0.05) is 6.07 Å². The summed E-state index contributed by atoms with van der Waals surface area (Å²) in [5.74, 6) is -0.609. The molecule has 0 fully saturated rings. The van der Waals surface area contributed by atoms with Crippen molar-refractivity contribution in [1.82, 2.24) is 0 Å². The molecule has 0 saturated carbocycles. The van der Waals surface area contributed by atoms with Crippen LogP contribution in [0.25, 0.3) is 0 Å². The summed E-state index contributed by atoms with van der Waals surface area (Å²) < 4.78 is 13.5. The predicted octanol–water partition coefficient (Wildman–Crippen LogP) is 4.19. The molecular formula is C15H14BrFN2O. The summed E-state index contributed by atoms with van der Waals surface area (Å²) in [5.41, 5.74) is 2.89. The van der Waals surface area contributed by atoms with Crippen molar-refractivity contribution in [2.24, 2.45) is 0 Å². The van der Waals surface area contributed by atoms with Gasteiger partial charge in [-0.2, -0.15) is 0 Å². The Morgan fingerprint density at radius 2 is 1.95 bits per heavy atom. The second-order valence-corrected chi connectivity index (χ2v) is 5.24. The summed E-state index contributed by atoms with van der Waals surface area (Å²) in [6.07, 6.45) is 0. The smallest absolute Gasteiger partial charge is 0.257 e. The Kier molecular flexibility index (Phi) is 4.39. The monoisotopic (exact) mass is 336 g/mol. The number of amides is 1. The van der Waals surface area contributed by atoms with E-state index in [1.54, 1.807) is 13.1 Å². The highest BCUT2D eigenvalue weighted by Crippen LogP contribution is 2.22. The molecule has 0 radical (unpaired) electrons. The first-order valence-corrected chi connectivity index (χ1v) is 6.85. The molecule has 2 aromatic rings. The summed E-state index contributed by atoms with van der Waals surface area (Å²) in [7, 11) is 1.76. The van der Waals surface area contributed by atoms with Gasteiger partial charge in [-0.05, 0) is 58.7 Å². The van der Waals surface area contributed by atoms with Crippen molar-refractivity contribution in [3.8, 4) is 0 Å². The fourth-order valence-corrected chi connectivity index (χ4v) is 2.21. The lowest BCUT2D eigenvalue weighted by Gasteiger charge is -2.11. The molecule has 0 aliphatic carbocycles. The SMILES string of the molecule is CNc1cc(C)ccc1C(=O)Nc1ccc(F)c(Br)c1. The third-order valence-corrected chi connectivity index (χ3v) is 3.47. The maximum atomic E-state index is 13.2. The van der Waals surface area contributed by atoms with E-state index in [9.17, 15) is 9.18 Å². The molecular weight excluding hydrogens is 323 g/mol. The van der Waals surface area contributed by atoms with Crippen molar-refractivity contribution in [3.05, 3.63) is 57.8 Å². The molecule has 5 heteroatoms. The topological polar surface area (TPSA) is 41.1 Å². The first-order valence-electron chi connectivity index (χ1n) is 6.06. The zero-order valence-electron chi connectivity index (χ0n) is 11.1. The van der Waals surface area contributed by atoms with E-state index in [0.717, 1.165) is 11.3 Å². The van der Waals surface area contributed by atoms with E-state index in [4.69, 9.17) is 0 Å². The third-order valence-electron chi connectivity index (χ3n) is 2.87. The van der Waals surface area contributed by atoms with E-state index < -0.39 is 0 Å². The number of rotatable bonds is 3. The van der Waals surface area contributed by atoms with Gasteiger partial charge >= 0.3 is 0 Å². The minimum Gasteiger partial charge on any atom is -0.387 e. The van der Waals surface area contributed by atoms with Crippen LogP contribution in [0.15, 0.2) is 40.9 Å². The van der Waals surface area contributed by atoms with E-state index in [2.05, 4.69) is 26.6 Å². The number of aryl methyl sites for hydroxylation is 1. The molecule has 2 N–H and O–H groups in total. The molecule has 0 aliphatic heterocycles. The van der Waals surface area contributed by atoms with Crippen molar-refractivity contribution in [2.45, 2.75) is 6.92 Å². The Labute approximate surface area is 125 Å². The number of hydrogen-bond donors (Lipinski definition) is 2. The Morgan fingerprint density at radius 3 is 2.60 bits per heavy atom. The number of carbonyl (C=O) groups excluding carboxylic acids is 1. The summed E-state index contributed by atoms with van der Waals surface area (Å²) in [4.78, 5) is 12.2. The molecule has 104 valence electrons. The minimum absolute atomic E-state index is 0.243. The average Bonchev–Trinajstić information content (AvgIpc) is 2.42. The molecule has 20 heavy (non-hydrogen) atoms. The lowest BCUT2D eigenvalue weighted by atomic mass is 10.1. The molecule has 0 atom stereocenters. The zero-order chi connectivity index (χ0) is 14.7. The first kappa shape index (κ1) is 14.5. The lowest BCUT2D eigenvalue weighted by molar-refractivity contribution is 0.102. The highest BCUT2D eigenvalue weighted by atomic mass is 79.9. The second-order valence-electron chi connectivity index (χ2n) is 4.38.